The van der Waals surface area contributed by atoms with E-state index in [1.807, 2.05) is 6.07 Å². The van der Waals surface area contributed by atoms with E-state index >= 15 is 0 Å². The maximum absolute atomic E-state index is 11.8. The molecule has 0 amide bonds. The Bertz CT molecular complexity index is 945. The first kappa shape index (κ1) is 14.4. The van der Waals surface area contributed by atoms with Crippen molar-refractivity contribution in [3.05, 3.63) is 43.3 Å². The van der Waals surface area contributed by atoms with Crippen LogP contribution >= 0.6 is 11.3 Å². The average molecular weight is 333 g/mol. The van der Waals surface area contributed by atoms with Gasteiger partial charge < -0.3 is 14.1 Å². The van der Waals surface area contributed by atoms with E-state index in [1.165, 1.54) is 11.3 Å². The number of nitrogens with one attached hydrogen (secondary N) is 2. The lowest BCUT2D eigenvalue weighted by atomic mass is 10.1. The van der Waals surface area contributed by atoms with Gasteiger partial charge in [-0.2, -0.15) is 0 Å². The highest BCUT2D eigenvalue weighted by atomic mass is 32.1. The minimum Gasteiger partial charge on any atom is -0.408 e. The van der Waals surface area contributed by atoms with E-state index in [9.17, 15) is 9.59 Å². The summed E-state index contributed by atoms with van der Waals surface area (Å²) in [5.41, 5.74) is 2.75. The van der Waals surface area contributed by atoms with Crippen LogP contribution < -0.4 is 10.6 Å². The molecule has 1 aliphatic heterocycles. The number of H-pyrrole nitrogens is 2. The molecule has 3 aromatic rings. The van der Waals surface area contributed by atoms with E-state index in [2.05, 4.69) is 14.9 Å². The van der Waals surface area contributed by atoms with Crippen LogP contribution in [0.1, 0.15) is 4.88 Å². The topological polar surface area (TPSA) is 91.3 Å². The van der Waals surface area contributed by atoms with Gasteiger partial charge in [0, 0.05) is 30.1 Å². The lowest BCUT2D eigenvalue weighted by Gasteiger charge is -2.26. The van der Waals surface area contributed by atoms with E-state index in [0.29, 0.717) is 17.6 Å². The van der Waals surface area contributed by atoms with E-state index in [0.717, 1.165) is 42.4 Å². The number of fused-ring (bicyclic) bond motifs is 1. The van der Waals surface area contributed by atoms with Gasteiger partial charge in [0.15, 0.2) is 5.58 Å². The van der Waals surface area contributed by atoms with Crippen molar-refractivity contribution in [3.8, 4) is 11.3 Å². The molecule has 1 fully saturated rings. The Labute approximate surface area is 134 Å². The van der Waals surface area contributed by atoms with Crippen LogP contribution in [-0.2, 0) is 11.3 Å². The number of hydrogen-bond acceptors (Lipinski definition) is 6. The van der Waals surface area contributed by atoms with Crippen LogP contribution in [0, 0.1) is 0 Å². The van der Waals surface area contributed by atoms with Crippen molar-refractivity contribution < 1.29 is 9.15 Å². The standard InChI is InChI=1S/C15H15N3O4S/c19-14-16-10-2-1-9(7-11(10)22-14)13-12(23-15(20)17-13)8-18-3-5-21-6-4-18/h1-2,7H,3-6,8H2,(H,16,19)(H,17,20). The third-order valence-electron chi connectivity index (χ3n) is 3.90. The fraction of sp³-hybridized carbons (Fsp3) is 0.333. The summed E-state index contributed by atoms with van der Waals surface area (Å²) in [6, 6.07) is 5.42. The summed E-state index contributed by atoms with van der Waals surface area (Å²) in [7, 11) is 0. The van der Waals surface area contributed by atoms with E-state index in [-0.39, 0.29) is 4.87 Å². The maximum atomic E-state index is 11.8. The van der Waals surface area contributed by atoms with Crippen molar-refractivity contribution in [2.45, 2.75) is 6.54 Å². The molecule has 0 radical (unpaired) electrons. The number of hydrogen-bond donors (Lipinski definition) is 2. The van der Waals surface area contributed by atoms with Crippen molar-refractivity contribution >= 4 is 22.4 Å². The number of morpholine rings is 1. The first-order valence-electron chi connectivity index (χ1n) is 7.34. The Morgan fingerprint density at radius 1 is 1.17 bits per heavy atom. The van der Waals surface area contributed by atoms with E-state index in [1.54, 1.807) is 12.1 Å². The molecule has 4 rings (SSSR count). The second-order valence-corrected chi connectivity index (χ2v) is 6.49. The average Bonchev–Trinajstić information content (AvgIpc) is 3.09. The van der Waals surface area contributed by atoms with Gasteiger partial charge in [0.1, 0.15) is 0 Å². The molecule has 0 unspecified atom stereocenters. The molecule has 7 nitrogen and oxygen atoms in total. The number of aromatic nitrogens is 2. The van der Waals surface area contributed by atoms with Gasteiger partial charge >= 0.3 is 10.6 Å². The van der Waals surface area contributed by atoms with Crippen LogP contribution in [-0.4, -0.2) is 41.2 Å². The number of ether oxygens (including phenoxy) is 1. The highest BCUT2D eigenvalue weighted by Crippen LogP contribution is 2.27. The molecule has 0 atom stereocenters. The van der Waals surface area contributed by atoms with Crippen LogP contribution in [0.5, 0.6) is 0 Å². The SMILES string of the molecule is O=c1[nH]c2ccc(-c3[nH]c(=O)sc3CN3CCOCC3)cc2o1. The summed E-state index contributed by atoms with van der Waals surface area (Å²) in [6.07, 6.45) is 0. The molecule has 8 heteroatoms. The Morgan fingerprint density at radius 3 is 2.83 bits per heavy atom. The van der Waals surface area contributed by atoms with Crippen LogP contribution in [0.15, 0.2) is 32.2 Å². The first-order valence-corrected chi connectivity index (χ1v) is 8.16. The molecule has 23 heavy (non-hydrogen) atoms. The minimum absolute atomic E-state index is 0.0844. The summed E-state index contributed by atoms with van der Waals surface area (Å²) in [5, 5.41) is 0. The lowest BCUT2D eigenvalue weighted by Crippen LogP contribution is -2.35. The van der Waals surface area contributed by atoms with Crippen molar-refractivity contribution in [1.29, 1.82) is 0 Å². The van der Waals surface area contributed by atoms with Crippen molar-refractivity contribution in [2.24, 2.45) is 0 Å². The quantitative estimate of drug-likeness (QED) is 0.755. The van der Waals surface area contributed by atoms with Gasteiger partial charge in [-0.1, -0.05) is 17.4 Å². The third kappa shape index (κ3) is 2.88. The third-order valence-corrected chi connectivity index (χ3v) is 4.77. The highest BCUT2D eigenvalue weighted by Gasteiger charge is 2.17. The molecule has 3 heterocycles. The number of aromatic amines is 2. The molecular formula is C15H15N3O4S. The molecule has 2 N–H and O–H groups in total. The Kier molecular flexibility index (Phi) is 3.64. The Morgan fingerprint density at radius 2 is 2.00 bits per heavy atom. The molecule has 1 aliphatic rings. The second kappa shape index (κ2) is 5.80. The normalized spacial score (nSPS) is 16.2. The van der Waals surface area contributed by atoms with Gasteiger partial charge in [0.2, 0.25) is 0 Å². The Balaban J connectivity index is 1.71. The lowest BCUT2D eigenvalue weighted by molar-refractivity contribution is 0.0347. The molecule has 0 aliphatic carbocycles. The predicted molar refractivity (Wildman–Crippen MR) is 86.9 cm³/mol. The smallest absolute Gasteiger partial charge is 0.408 e. The zero-order valence-corrected chi connectivity index (χ0v) is 13.1. The van der Waals surface area contributed by atoms with Gasteiger partial charge in [-0.15, -0.1) is 0 Å². The van der Waals surface area contributed by atoms with Crippen molar-refractivity contribution in [3.63, 3.8) is 0 Å². The van der Waals surface area contributed by atoms with Crippen LogP contribution in [0.4, 0.5) is 0 Å². The summed E-state index contributed by atoms with van der Waals surface area (Å²) in [4.78, 5) is 31.8. The molecule has 1 saturated heterocycles. The van der Waals surface area contributed by atoms with E-state index < -0.39 is 5.76 Å². The van der Waals surface area contributed by atoms with Gasteiger partial charge in [0.25, 0.3) is 0 Å². The van der Waals surface area contributed by atoms with Gasteiger partial charge in [-0.05, 0) is 12.1 Å². The number of rotatable bonds is 3. The Hall–Kier alpha value is -2.16. The highest BCUT2D eigenvalue weighted by molar-refractivity contribution is 7.09. The zero-order valence-electron chi connectivity index (χ0n) is 12.3. The second-order valence-electron chi connectivity index (χ2n) is 5.43. The molecule has 120 valence electrons. The number of nitrogens with zero attached hydrogens (tertiary/aromatic N) is 1. The van der Waals surface area contributed by atoms with Crippen LogP contribution in [0.25, 0.3) is 22.4 Å². The number of thiazole rings is 1. The fourth-order valence-electron chi connectivity index (χ4n) is 2.77. The summed E-state index contributed by atoms with van der Waals surface area (Å²) in [6.45, 7) is 3.86. The zero-order chi connectivity index (χ0) is 15.8. The number of oxazole rings is 1. The molecule has 1 aromatic carbocycles. The van der Waals surface area contributed by atoms with E-state index in [4.69, 9.17) is 9.15 Å². The summed E-state index contributed by atoms with van der Waals surface area (Å²) >= 11 is 1.22. The minimum atomic E-state index is -0.482. The maximum Gasteiger partial charge on any atom is 0.417 e. The largest absolute Gasteiger partial charge is 0.417 e. The van der Waals surface area contributed by atoms with Crippen LogP contribution in [0.3, 0.4) is 0 Å². The molecule has 0 spiro atoms. The van der Waals surface area contributed by atoms with Gasteiger partial charge in [-0.3, -0.25) is 14.7 Å². The fourth-order valence-corrected chi connectivity index (χ4v) is 3.66. The first-order chi connectivity index (χ1) is 11.2. The summed E-state index contributed by atoms with van der Waals surface area (Å²) < 4.78 is 10.5. The van der Waals surface area contributed by atoms with Crippen LogP contribution in [0.2, 0.25) is 0 Å². The molecule has 2 aromatic heterocycles. The van der Waals surface area contributed by atoms with Crippen molar-refractivity contribution in [1.82, 2.24) is 14.9 Å². The van der Waals surface area contributed by atoms with Crippen molar-refractivity contribution in [2.75, 3.05) is 26.3 Å². The number of benzene rings is 1. The van der Waals surface area contributed by atoms with Gasteiger partial charge in [-0.25, -0.2) is 4.79 Å². The molecule has 0 bridgehead atoms. The summed E-state index contributed by atoms with van der Waals surface area (Å²) in [5.74, 6) is -0.482. The van der Waals surface area contributed by atoms with Gasteiger partial charge in [0.05, 0.1) is 24.4 Å². The monoisotopic (exact) mass is 333 g/mol. The molecule has 0 saturated carbocycles. The predicted octanol–water partition coefficient (Wildman–Crippen LogP) is 1.37. The molecular weight excluding hydrogens is 318 g/mol.